The van der Waals surface area contributed by atoms with Gasteiger partial charge < -0.3 is 9.47 Å². The van der Waals surface area contributed by atoms with Gasteiger partial charge in [-0.1, -0.05) is 26.8 Å². The van der Waals surface area contributed by atoms with Crippen LogP contribution in [-0.2, 0) is 6.42 Å². The fourth-order valence-electron chi connectivity index (χ4n) is 2.01. The Morgan fingerprint density at radius 2 is 2.00 bits per heavy atom. The summed E-state index contributed by atoms with van der Waals surface area (Å²) < 4.78 is 11.8. The molecule has 100 valence electrons. The summed E-state index contributed by atoms with van der Waals surface area (Å²) in [6.45, 7) is 11.5. The molecule has 1 aliphatic heterocycles. The topological polar surface area (TPSA) is 18.5 Å². The van der Waals surface area contributed by atoms with Gasteiger partial charge in [-0.25, -0.2) is 0 Å². The molecule has 0 aliphatic carbocycles. The Morgan fingerprint density at radius 1 is 1.28 bits per heavy atom. The van der Waals surface area contributed by atoms with Gasteiger partial charge >= 0.3 is 0 Å². The summed E-state index contributed by atoms with van der Waals surface area (Å²) in [5, 5.41) is 0. The van der Waals surface area contributed by atoms with Crippen molar-refractivity contribution in [2.45, 2.75) is 53.1 Å². The van der Waals surface area contributed by atoms with Crippen LogP contribution in [0.15, 0.2) is 18.2 Å². The van der Waals surface area contributed by atoms with Crippen molar-refractivity contribution in [3.63, 3.8) is 0 Å². The number of benzene rings is 1. The van der Waals surface area contributed by atoms with Crippen molar-refractivity contribution in [3.05, 3.63) is 23.8 Å². The number of ether oxygens (including phenoxy) is 2. The van der Waals surface area contributed by atoms with Crippen LogP contribution in [0.2, 0.25) is 0 Å². The van der Waals surface area contributed by atoms with Crippen LogP contribution in [0.1, 0.15) is 46.6 Å². The van der Waals surface area contributed by atoms with E-state index in [1.165, 1.54) is 5.56 Å². The summed E-state index contributed by atoms with van der Waals surface area (Å²) in [7, 11) is 0. The molecule has 1 heterocycles. The second-order valence-corrected chi connectivity index (χ2v) is 6.98. The van der Waals surface area contributed by atoms with Gasteiger partial charge in [0.1, 0.15) is 17.1 Å². The van der Waals surface area contributed by atoms with E-state index in [2.05, 4.69) is 40.7 Å². The Labute approximate surface area is 110 Å². The Balaban J connectivity index is 2.12. The van der Waals surface area contributed by atoms with Crippen LogP contribution >= 0.6 is 0 Å². The fraction of sp³-hybridized carbons (Fsp3) is 0.625. The van der Waals surface area contributed by atoms with Gasteiger partial charge in [0.05, 0.1) is 6.61 Å². The normalized spacial score (nSPS) is 17.8. The van der Waals surface area contributed by atoms with Crippen molar-refractivity contribution in [2.75, 3.05) is 6.61 Å². The number of hydrogen-bond acceptors (Lipinski definition) is 2. The molecule has 0 radical (unpaired) electrons. The van der Waals surface area contributed by atoms with Crippen LogP contribution in [0.3, 0.4) is 0 Å². The first-order valence-corrected chi connectivity index (χ1v) is 6.70. The average molecular weight is 248 g/mol. The number of hydrogen-bond donors (Lipinski definition) is 0. The van der Waals surface area contributed by atoms with Crippen molar-refractivity contribution < 1.29 is 9.47 Å². The molecule has 0 unspecified atom stereocenters. The van der Waals surface area contributed by atoms with Gasteiger partial charge in [0.15, 0.2) is 0 Å². The molecule has 0 N–H and O–H groups in total. The minimum atomic E-state index is -0.0599. The third-order valence-electron chi connectivity index (χ3n) is 3.09. The maximum absolute atomic E-state index is 6.01. The van der Waals surface area contributed by atoms with Crippen molar-refractivity contribution in [1.82, 2.24) is 0 Å². The quantitative estimate of drug-likeness (QED) is 0.780. The van der Waals surface area contributed by atoms with Gasteiger partial charge in [0.25, 0.3) is 0 Å². The first-order valence-electron chi connectivity index (χ1n) is 6.70. The van der Waals surface area contributed by atoms with E-state index in [0.717, 1.165) is 30.9 Å². The number of aryl methyl sites for hydroxylation is 1. The van der Waals surface area contributed by atoms with E-state index >= 15 is 0 Å². The number of fused-ring (bicyclic) bond motifs is 1. The van der Waals surface area contributed by atoms with Crippen molar-refractivity contribution in [3.8, 4) is 11.5 Å². The van der Waals surface area contributed by atoms with Gasteiger partial charge in [-0.05, 0) is 43.7 Å². The standard InChI is InChI=1S/C16H24O2/c1-15(2,3)11-17-13-7-6-12-8-9-16(4,5)18-14(12)10-13/h6-7,10H,8-9,11H2,1-5H3. The highest BCUT2D eigenvalue weighted by atomic mass is 16.5. The van der Waals surface area contributed by atoms with Gasteiger partial charge in [0.2, 0.25) is 0 Å². The summed E-state index contributed by atoms with van der Waals surface area (Å²) in [5.41, 5.74) is 1.41. The molecule has 2 heteroatoms. The monoisotopic (exact) mass is 248 g/mol. The predicted molar refractivity (Wildman–Crippen MR) is 74.4 cm³/mol. The third kappa shape index (κ3) is 3.41. The average Bonchev–Trinajstić information content (AvgIpc) is 2.23. The zero-order valence-electron chi connectivity index (χ0n) is 12.2. The molecule has 1 aromatic carbocycles. The summed E-state index contributed by atoms with van der Waals surface area (Å²) in [6, 6.07) is 6.21. The highest BCUT2D eigenvalue weighted by Crippen LogP contribution is 2.35. The zero-order chi connectivity index (χ0) is 13.4. The molecule has 0 bridgehead atoms. The Kier molecular flexibility index (Phi) is 3.31. The third-order valence-corrected chi connectivity index (χ3v) is 3.09. The van der Waals surface area contributed by atoms with Crippen molar-refractivity contribution in [1.29, 1.82) is 0 Å². The predicted octanol–water partition coefficient (Wildman–Crippen LogP) is 4.22. The molecule has 18 heavy (non-hydrogen) atoms. The smallest absolute Gasteiger partial charge is 0.126 e. The first-order chi connectivity index (χ1) is 8.25. The SMILES string of the molecule is CC(C)(C)COc1ccc2c(c1)OC(C)(C)CC2. The van der Waals surface area contributed by atoms with E-state index in [9.17, 15) is 0 Å². The zero-order valence-corrected chi connectivity index (χ0v) is 12.2. The molecule has 0 fully saturated rings. The lowest BCUT2D eigenvalue weighted by molar-refractivity contribution is 0.0839. The molecule has 2 rings (SSSR count). The van der Waals surface area contributed by atoms with E-state index in [1.807, 2.05) is 12.1 Å². The largest absolute Gasteiger partial charge is 0.493 e. The lowest BCUT2D eigenvalue weighted by atomic mass is 9.94. The van der Waals surface area contributed by atoms with E-state index in [-0.39, 0.29) is 11.0 Å². The Morgan fingerprint density at radius 3 is 2.67 bits per heavy atom. The first kappa shape index (κ1) is 13.3. The molecule has 0 spiro atoms. The van der Waals surface area contributed by atoms with Crippen LogP contribution in [-0.4, -0.2) is 12.2 Å². The molecule has 1 aliphatic rings. The van der Waals surface area contributed by atoms with Crippen LogP contribution in [0.25, 0.3) is 0 Å². The molecule has 0 amide bonds. The molecular weight excluding hydrogens is 224 g/mol. The molecule has 0 aromatic heterocycles. The maximum Gasteiger partial charge on any atom is 0.126 e. The van der Waals surface area contributed by atoms with Crippen LogP contribution in [0, 0.1) is 5.41 Å². The minimum absolute atomic E-state index is 0.0599. The van der Waals surface area contributed by atoms with Crippen molar-refractivity contribution in [2.24, 2.45) is 5.41 Å². The van der Waals surface area contributed by atoms with Gasteiger partial charge in [-0.3, -0.25) is 0 Å². The van der Waals surface area contributed by atoms with Gasteiger partial charge in [0, 0.05) is 6.07 Å². The molecule has 0 atom stereocenters. The van der Waals surface area contributed by atoms with Crippen LogP contribution in [0.5, 0.6) is 11.5 Å². The van der Waals surface area contributed by atoms with Gasteiger partial charge in [-0.2, -0.15) is 0 Å². The lowest BCUT2D eigenvalue weighted by Gasteiger charge is -2.32. The van der Waals surface area contributed by atoms with E-state index in [0.29, 0.717) is 0 Å². The van der Waals surface area contributed by atoms with E-state index < -0.39 is 0 Å². The van der Waals surface area contributed by atoms with Gasteiger partial charge in [-0.15, -0.1) is 0 Å². The molecule has 0 saturated carbocycles. The summed E-state index contributed by atoms with van der Waals surface area (Å²) in [5.74, 6) is 1.89. The fourth-order valence-corrected chi connectivity index (χ4v) is 2.01. The Hall–Kier alpha value is -1.18. The molecule has 0 saturated heterocycles. The minimum Gasteiger partial charge on any atom is -0.493 e. The second kappa shape index (κ2) is 4.49. The van der Waals surface area contributed by atoms with Crippen LogP contribution < -0.4 is 9.47 Å². The molecular formula is C16H24O2. The molecule has 1 aromatic rings. The summed E-state index contributed by atoms with van der Waals surface area (Å²) in [4.78, 5) is 0. The van der Waals surface area contributed by atoms with E-state index in [1.54, 1.807) is 0 Å². The number of rotatable bonds is 2. The lowest BCUT2D eigenvalue weighted by Crippen LogP contribution is -2.32. The van der Waals surface area contributed by atoms with Crippen molar-refractivity contribution >= 4 is 0 Å². The highest BCUT2D eigenvalue weighted by Gasteiger charge is 2.26. The maximum atomic E-state index is 6.01. The highest BCUT2D eigenvalue weighted by molar-refractivity contribution is 5.42. The molecule has 2 nitrogen and oxygen atoms in total. The second-order valence-electron chi connectivity index (χ2n) is 6.98. The van der Waals surface area contributed by atoms with Crippen LogP contribution in [0.4, 0.5) is 0 Å². The van der Waals surface area contributed by atoms with E-state index in [4.69, 9.17) is 9.47 Å². The summed E-state index contributed by atoms with van der Waals surface area (Å²) in [6.07, 6.45) is 2.16. The Bertz CT molecular complexity index is 427. The summed E-state index contributed by atoms with van der Waals surface area (Å²) >= 11 is 0.